The van der Waals surface area contributed by atoms with Crippen molar-refractivity contribution in [3.05, 3.63) is 11.9 Å². The van der Waals surface area contributed by atoms with Gasteiger partial charge in [0.2, 0.25) is 5.91 Å². The minimum Gasteiger partial charge on any atom is -0.354 e. The standard InChI is InChI=1S/C9H12N4O2S/c14-8(6-1-2-6)10-3-4-11-9(15)7-5-12-16-13-7/h5-6H,1-4H2,(H,10,14)(H,11,15). The summed E-state index contributed by atoms with van der Waals surface area (Å²) in [6.07, 6.45) is 3.40. The van der Waals surface area contributed by atoms with E-state index in [0.29, 0.717) is 18.8 Å². The average Bonchev–Trinajstić information content (AvgIpc) is 2.99. The van der Waals surface area contributed by atoms with Gasteiger partial charge in [0.15, 0.2) is 5.69 Å². The van der Waals surface area contributed by atoms with Gasteiger partial charge in [-0.1, -0.05) is 0 Å². The van der Waals surface area contributed by atoms with E-state index in [1.54, 1.807) is 0 Å². The molecule has 6 nitrogen and oxygen atoms in total. The van der Waals surface area contributed by atoms with Gasteiger partial charge in [0.25, 0.3) is 5.91 Å². The van der Waals surface area contributed by atoms with E-state index in [-0.39, 0.29) is 17.7 Å². The van der Waals surface area contributed by atoms with Crippen molar-refractivity contribution < 1.29 is 9.59 Å². The monoisotopic (exact) mass is 240 g/mol. The van der Waals surface area contributed by atoms with Gasteiger partial charge in [0.1, 0.15) is 0 Å². The highest BCUT2D eigenvalue weighted by Gasteiger charge is 2.28. The van der Waals surface area contributed by atoms with Crippen molar-refractivity contribution in [1.29, 1.82) is 0 Å². The Bertz CT molecular complexity index is 375. The molecule has 0 atom stereocenters. The first-order chi connectivity index (χ1) is 7.77. The minimum absolute atomic E-state index is 0.0876. The fourth-order valence-electron chi connectivity index (χ4n) is 1.21. The lowest BCUT2D eigenvalue weighted by atomic mass is 10.4. The van der Waals surface area contributed by atoms with Crippen LogP contribution in [0.2, 0.25) is 0 Å². The molecule has 0 saturated heterocycles. The highest BCUT2D eigenvalue weighted by Crippen LogP contribution is 2.28. The third kappa shape index (κ3) is 2.99. The summed E-state index contributed by atoms with van der Waals surface area (Å²) in [6, 6.07) is 0. The molecule has 1 saturated carbocycles. The molecule has 0 bridgehead atoms. The Balaban J connectivity index is 1.60. The van der Waals surface area contributed by atoms with Crippen LogP contribution in [0.4, 0.5) is 0 Å². The Kier molecular flexibility index (Phi) is 3.45. The number of carbonyl (C=O) groups excluding carboxylic acids is 2. The molecule has 2 amide bonds. The number of amides is 2. The van der Waals surface area contributed by atoms with Gasteiger partial charge in [0, 0.05) is 19.0 Å². The van der Waals surface area contributed by atoms with Crippen LogP contribution in [0.5, 0.6) is 0 Å². The van der Waals surface area contributed by atoms with Crippen LogP contribution >= 0.6 is 11.7 Å². The maximum absolute atomic E-state index is 11.4. The lowest BCUT2D eigenvalue weighted by molar-refractivity contribution is -0.122. The van der Waals surface area contributed by atoms with E-state index < -0.39 is 0 Å². The fourth-order valence-corrected chi connectivity index (χ4v) is 1.62. The summed E-state index contributed by atoms with van der Waals surface area (Å²) in [4.78, 5) is 22.6. The Morgan fingerprint density at radius 2 is 2.12 bits per heavy atom. The Labute approximate surface area is 96.8 Å². The second-order valence-corrected chi connectivity index (χ2v) is 4.17. The van der Waals surface area contributed by atoms with Crippen molar-refractivity contribution in [2.75, 3.05) is 13.1 Å². The Morgan fingerprint density at radius 1 is 1.38 bits per heavy atom. The number of carbonyl (C=O) groups is 2. The van der Waals surface area contributed by atoms with E-state index in [4.69, 9.17) is 0 Å². The largest absolute Gasteiger partial charge is 0.354 e. The summed E-state index contributed by atoms with van der Waals surface area (Å²) in [7, 11) is 0. The number of aromatic nitrogens is 2. The van der Waals surface area contributed by atoms with Crippen molar-refractivity contribution in [3.8, 4) is 0 Å². The summed E-state index contributed by atoms with van der Waals surface area (Å²) in [5.74, 6) is 0.0393. The predicted octanol–water partition coefficient (Wildman–Crippen LogP) is -0.206. The van der Waals surface area contributed by atoms with Crippen molar-refractivity contribution in [1.82, 2.24) is 19.4 Å². The predicted molar refractivity (Wildman–Crippen MR) is 58.0 cm³/mol. The van der Waals surface area contributed by atoms with Crippen molar-refractivity contribution in [2.24, 2.45) is 5.92 Å². The van der Waals surface area contributed by atoms with E-state index in [1.807, 2.05) is 0 Å². The van der Waals surface area contributed by atoms with E-state index in [0.717, 1.165) is 24.6 Å². The number of rotatable bonds is 5. The van der Waals surface area contributed by atoms with Crippen LogP contribution in [-0.4, -0.2) is 33.7 Å². The van der Waals surface area contributed by atoms with Crippen LogP contribution in [0.25, 0.3) is 0 Å². The summed E-state index contributed by atoms with van der Waals surface area (Å²) in [5.41, 5.74) is 0.318. The molecule has 0 aliphatic heterocycles. The quantitative estimate of drug-likeness (QED) is 0.698. The molecule has 2 N–H and O–H groups in total. The molecule has 2 rings (SSSR count). The number of nitrogens with zero attached hydrogens (tertiary/aromatic N) is 2. The first-order valence-electron chi connectivity index (χ1n) is 5.11. The van der Waals surface area contributed by atoms with E-state index in [9.17, 15) is 9.59 Å². The molecule has 1 fully saturated rings. The van der Waals surface area contributed by atoms with Crippen molar-refractivity contribution in [3.63, 3.8) is 0 Å². The number of hydrogen-bond donors (Lipinski definition) is 2. The molecule has 1 aliphatic rings. The molecule has 0 spiro atoms. The molecule has 1 aliphatic carbocycles. The number of nitrogens with one attached hydrogen (secondary N) is 2. The van der Waals surface area contributed by atoms with E-state index in [1.165, 1.54) is 6.20 Å². The molecular formula is C9H12N4O2S. The first kappa shape index (κ1) is 11.0. The van der Waals surface area contributed by atoms with Gasteiger partial charge >= 0.3 is 0 Å². The molecule has 7 heteroatoms. The van der Waals surface area contributed by atoms with Gasteiger partial charge in [0.05, 0.1) is 17.9 Å². The molecule has 0 aromatic carbocycles. The third-order valence-electron chi connectivity index (χ3n) is 2.25. The smallest absolute Gasteiger partial charge is 0.272 e. The van der Waals surface area contributed by atoms with Crippen LogP contribution in [0, 0.1) is 5.92 Å². The zero-order valence-corrected chi connectivity index (χ0v) is 9.42. The van der Waals surface area contributed by atoms with Crippen LogP contribution in [0.15, 0.2) is 6.20 Å². The normalized spacial score (nSPS) is 14.5. The Morgan fingerprint density at radius 3 is 2.75 bits per heavy atom. The van der Waals surface area contributed by atoms with Crippen LogP contribution in [0.3, 0.4) is 0 Å². The van der Waals surface area contributed by atoms with Gasteiger partial charge in [-0.2, -0.15) is 8.75 Å². The molecule has 1 aromatic heterocycles. The van der Waals surface area contributed by atoms with Gasteiger partial charge in [-0.05, 0) is 12.8 Å². The molecule has 86 valence electrons. The van der Waals surface area contributed by atoms with E-state index in [2.05, 4.69) is 19.4 Å². The zero-order chi connectivity index (χ0) is 11.4. The summed E-state index contributed by atoms with van der Waals surface area (Å²) < 4.78 is 7.53. The fraction of sp³-hybridized carbons (Fsp3) is 0.556. The summed E-state index contributed by atoms with van der Waals surface area (Å²) in [5, 5.41) is 5.41. The highest BCUT2D eigenvalue weighted by atomic mass is 32.1. The summed E-state index contributed by atoms with van der Waals surface area (Å²) >= 11 is 0.994. The van der Waals surface area contributed by atoms with Gasteiger partial charge < -0.3 is 10.6 Å². The van der Waals surface area contributed by atoms with Crippen LogP contribution in [-0.2, 0) is 4.79 Å². The Hall–Kier alpha value is -1.50. The third-order valence-corrected chi connectivity index (χ3v) is 2.73. The van der Waals surface area contributed by atoms with Gasteiger partial charge in [-0.15, -0.1) is 0 Å². The van der Waals surface area contributed by atoms with Crippen LogP contribution < -0.4 is 10.6 Å². The molecule has 0 unspecified atom stereocenters. The SMILES string of the molecule is O=C(NCCNC(=O)C1CC1)c1cnsn1. The highest BCUT2D eigenvalue weighted by molar-refractivity contribution is 6.99. The molecule has 1 heterocycles. The lowest BCUT2D eigenvalue weighted by Gasteiger charge is -2.04. The molecular weight excluding hydrogens is 228 g/mol. The maximum Gasteiger partial charge on any atom is 0.272 e. The zero-order valence-electron chi connectivity index (χ0n) is 8.60. The van der Waals surface area contributed by atoms with Crippen molar-refractivity contribution >= 4 is 23.5 Å². The second kappa shape index (κ2) is 5.02. The van der Waals surface area contributed by atoms with Gasteiger partial charge in [-0.3, -0.25) is 9.59 Å². The lowest BCUT2D eigenvalue weighted by Crippen LogP contribution is -2.35. The first-order valence-corrected chi connectivity index (χ1v) is 5.84. The van der Waals surface area contributed by atoms with Crippen LogP contribution in [0.1, 0.15) is 23.3 Å². The topological polar surface area (TPSA) is 84.0 Å². The minimum atomic E-state index is -0.255. The van der Waals surface area contributed by atoms with Crippen molar-refractivity contribution in [2.45, 2.75) is 12.8 Å². The molecule has 1 aromatic rings. The summed E-state index contributed by atoms with van der Waals surface area (Å²) in [6.45, 7) is 0.869. The maximum atomic E-state index is 11.4. The van der Waals surface area contributed by atoms with E-state index >= 15 is 0 Å². The number of hydrogen-bond acceptors (Lipinski definition) is 5. The molecule has 16 heavy (non-hydrogen) atoms. The average molecular weight is 240 g/mol. The molecule has 0 radical (unpaired) electrons. The van der Waals surface area contributed by atoms with Gasteiger partial charge in [-0.25, -0.2) is 0 Å². The second-order valence-electron chi connectivity index (χ2n) is 3.61.